The minimum atomic E-state index is -0.737. The number of carbonyl (C=O) groups excluding carboxylic acids is 1. The van der Waals surface area contributed by atoms with E-state index >= 15 is 0 Å². The zero-order valence-corrected chi connectivity index (χ0v) is 15.2. The highest BCUT2D eigenvalue weighted by molar-refractivity contribution is 7.25. The maximum atomic E-state index is 12.8. The molecule has 1 unspecified atom stereocenters. The van der Waals surface area contributed by atoms with Crippen molar-refractivity contribution in [3.63, 3.8) is 0 Å². The summed E-state index contributed by atoms with van der Waals surface area (Å²) >= 11 is 1.31. The van der Waals surface area contributed by atoms with Crippen LogP contribution in [0.4, 0.5) is 0 Å². The fraction of sp³-hybridized carbons (Fsp3) is 0.353. The van der Waals surface area contributed by atoms with Crippen LogP contribution >= 0.6 is 11.3 Å². The number of thiophene rings is 1. The van der Waals surface area contributed by atoms with Gasteiger partial charge in [0.25, 0.3) is 5.56 Å². The number of aromatic nitrogens is 2. The van der Waals surface area contributed by atoms with Crippen molar-refractivity contribution in [1.29, 1.82) is 0 Å². The van der Waals surface area contributed by atoms with Gasteiger partial charge in [-0.1, -0.05) is 0 Å². The average molecular weight is 362 g/mol. The molecule has 132 valence electrons. The van der Waals surface area contributed by atoms with Gasteiger partial charge in [-0.05, 0) is 19.9 Å². The number of methoxy groups -OCH3 is 2. The van der Waals surface area contributed by atoms with E-state index < -0.39 is 12.0 Å². The Labute approximate surface area is 147 Å². The second-order valence-corrected chi connectivity index (χ2v) is 6.42. The van der Waals surface area contributed by atoms with Crippen molar-refractivity contribution >= 4 is 37.6 Å². The largest absolute Gasteiger partial charge is 0.493 e. The second kappa shape index (κ2) is 6.72. The van der Waals surface area contributed by atoms with Crippen molar-refractivity contribution < 1.29 is 19.0 Å². The van der Waals surface area contributed by atoms with Crippen LogP contribution in [-0.4, -0.2) is 36.3 Å². The number of esters is 1. The van der Waals surface area contributed by atoms with E-state index in [0.717, 1.165) is 10.1 Å². The summed E-state index contributed by atoms with van der Waals surface area (Å²) < 4.78 is 18.2. The van der Waals surface area contributed by atoms with Crippen LogP contribution < -0.4 is 15.0 Å². The average Bonchev–Trinajstić information content (AvgIpc) is 2.99. The highest BCUT2D eigenvalue weighted by atomic mass is 32.1. The van der Waals surface area contributed by atoms with Gasteiger partial charge in [-0.3, -0.25) is 9.36 Å². The minimum absolute atomic E-state index is 0.260. The van der Waals surface area contributed by atoms with Gasteiger partial charge in [0, 0.05) is 16.2 Å². The van der Waals surface area contributed by atoms with Gasteiger partial charge < -0.3 is 14.2 Å². The number of hydrogen-bond donors (Lipinski definition) is 0. The fourth-order valence-corrected chi connectivity index (χ4v) is 3.73. The first-order chi connectivity index (χ1) is 12.0. The molecule has 0 radical (unpaired) electrons. The van der Waals surface area contributed by atoms with E-state index in [1.165, 1.54) is 22.2 Å². The first kappa shape index (κ1) is 17.2. The highest BCUT2D eigenvalue weighted by Crippen LogP contribution is 2.38. The molecule has 0 aliphatic rings. The Bertz CT molecular complexity index is 1010. The molecule has 3 rings (SSSR count). The molecule has 2 aromatic heterocycles. The molecule has 0 amide bonds. The van der Waals surface area contributed by atoms with Gasteiger partial charge in [0.2, 0.25) is 0 Å². The molecule has 8 heteroatoms. The first-order valence-electron chi connectivity index (χ1n) is 7.73. The van der Waals surface area contributed by atoms with Crippen molar-refractivity contribution in [2.75, 3.05) is 20.8 Å². The normalized spacial score (nSPS) is 12.3. The summed E-state index contributed by atoms with van der Waals surface area (Å²) in [6.07, 6.45) is 1.38. The topological polar surface area (TPSA) is 79.7 Å². The standard InChI is InChI=1S/C17H18N2O5S/c1-5-24-17(21)9(2)19-8-18-14-10-6-11(22-3)12(23-4)7-13(10)25-15(14)16(19)20/h6-9H,5H2,1-4H3. The van der Waals surface area contributed by atoms with Gasteiger partial charge in [-0.25, -0.2) is 9.78 Å². The van der Waals surface area contributed by atoms with Gasteiger partial charge >= 0.3 is 5.97 Å². The number of rotatable bonds is 5. The summed E-state index contributed by atoms with van der Waals surface area (Å²) in [7, 11) is 3.11. The number of carbonyl (C=O) groups is 1. The monoisotopic (exact) mass is 362 g/mol. The van der Waals surface area contributed by atoms with Crippen LogP contribution in [0.1, 0.15) is 19.9 Å². The van der Waals surface area contributed by atoms with Crippen LogP contribution in [-0.2, 0) is 9.53 Å². The molecule has 1 aromatic carbocycles. The predicted molar refractivity (Wildman–Crippen MR) is 95.8 cm³/mol. The Hall–Kier alpha value is -2.61. The predicted octanol–water partition coefficient (Wildman–Crippen LogP) is 2.75. The molecule has 0 spiro atoms. The van der Waals surface area contributed by atoms with E-state index in [4.69, 9.17) is 14.2 Å². The molecule has 0 aliphatic heterocycles. The Morgan fingerprint density at radius 3 is 2.60 bits per heavy atom. The van der Waals surface area contributed by atoms with Crippen LogP contribution in [0.25, 0.3) is 20.3 Å². The number of fused-ring (bicyclic) bond motifs is 3. The number of hydrogen-bond acceptors (Lipinski definition) is 7. The van der Waals surface area contributed by atoms with Crippen LogP contribution in [0.2, 0.25) is 0 Å². The number of nitrogens with zero attached hydrogens (tertiary/aromatic N) is 2. The van der Waals surface area contributed by atoms with E-state index in [0.29, 0.717) is 21.7 Å². The summed E-state index contributed by atoms with van der Waals surface area (Å²) in [6, 6.07) is 2.89. The van der Waals surface area contributed by atoms with Gasteiger partial charge in [-0.2, -0.15) is 0 Å². The minimum Gasteiger partial charge on any atom is -0.493 e. The van der Waals surface area contributed by atoms with Gasteiger partial charge in [0.05, 0.1) is 32.7 Å². The SMILES string of the molecule is CCOC(=O)C(C)n1cnc2c(sc3cc(OC)c(OC)cc32)c1=O. The third-order valence-electron chi connectivity index (χ3n) is 3.95. The lowest BCUT2D eigenvalue weighted by Crippen LogP contribution is -2.29. The Morgan fingerprint density at radius 2 is 1.96 bits per heavy atom. The molecule has 0 fully saturated rings. The summed E-state index contributed by atoms with van der Waals surface area (Å²) in [6.45, 7) is 3.60. The zero-order chi connectivity index (χ0) is 18.1. The maximum Gasteiger partial charge on any atom is 0.328 e. The summed E-state index contributed by atoms with van der Waals surface area (Å²) in [4.78, 5) is 29.1. The third-order valence-corrected chi connectivity index (χ3v) is 5.08. The first-order valence-corrected chi connectivity index (χ1v) is 8.55. The Kier molecular flexibility index (Phi) is 4.63. The lowest BCUT2D eigenvalue weighted by molar-refractivity contribution is -0.146. The second-order valence-electron chi connectivity index (χ2n) is 5.37. The van der Waals surface area contributed by atoms with E-state index in [1.807, 2.05) is 6.07 Å². The van der Waals surface area contributed by atoms with E-state index in [9.17, 15) is 9.59 Å². The fourth-order valence-electron chi connectivity index (χ4n) is 2.63. The maximum absolute atomic E-state index is 12.8. The van der Waals surface area contributed by atoms with Crippen LogP contribution in [0.3, 0.4) is 0 Å². The molecule has 0 bridgehead atoms. The molecule has 0 N–H and O–H groups in total. The van der Waals surface area contributed by atoms with Gasteiger partial charge in [0.15, 0.2) is 11.5 Å². The molecule has 1 atom stereocenters. The third kappa shape index (κ3) is 2.82. The van der Waals surface area contributed by atoms with Crippen molar-refractivity contribution in [2.45, 2.75) is 19.9 Å². The summed E-state index contributed by atoms with van der Waals surface area (Å²) in [5.41, 5.74) is 0.308. The summed E-state index contributed by atoms with van der Waals surface area (Å²) in [5.74, 6) is 0.692. The van der Waals surface area contributed by atoms with Gasteiger partial charge in [-0.15, -0.1) is 11.3 Å². The number of benzene rings is 1. The Balaban J connectivity index is 2.21. The molecule has 2 heterocycles. The molecular formula is C17H18N2O5S. The molecule has 0 saturated heterocycles. The zero-order valence-electron chi connectivity index (χ0n) is 14.4. The van der Waals surface area contributed by atoms with E-state index in [-0.39, 0.29) is 12.2 Å². The van der Waals surface area contributed by atoms with Crippen LogP contribution in [0.5, 0.6) is 11.5 Å². The molecule has 0 aliphatic carbocycles. The van der Waals surface area contributed by atoms with Gasteiger partial charge in [0.1, 0.15) is 10.7 Å². The highest BCUT2D eigenvalue weighted by Gasteiger charge is 2.21. The lowest BCUT2D eigenvalue weighted by atomic mass is 10.2. The van der Waals surface area contributed by atoms with Crippen molar-refractivity contribution in [3.05, 3.63) is 28.8 Å². The summed E-state index contributed by atoms with van der Waals surface area (Å²) in [5, 5.41) is 0.811. The van der Waals surface area contributed by atoms with E-state index in [1.54, 1.807) is 34.1 Å². The molecule has 25 heavy (non-hydrogen) atoms. The molecular weight excluding hydrogens is 344 g/mol. The Morgan fingerprint density at radius 1 is 1.28 bits per heavy atom. The van der Waals surface area contributed by atoms with Crippen molar-refractivity contribution in [3.8, 4) is 11.5 Å². The van der Waals surface area contributed by atoms with Crippen molar-refractivity contribution in [2.24, 2.45) is 0 Å². The van der Waals surface area contributed by atoms with E-state index in [2.05, 4.69) is 4.98 Å². The molecule has 7 nitrogen and oxygen atoms in total. The number of ether oxygens (including phenoxy) is 3. The quantitative estimate of drug-likeness (QED) is 0.649. The smallest absolute Gasteiger partial charge is 0.328 e. The molecule has 0 saturated carbocycles. The van der Waals surface area contributed by atoms with Crippen LogP contribution in [0.15, 0.2) is 23.3 Å². The van der Waals surface area contributed by atoms with Crippen molar-refractivity contribution in [1.82, 2.24) is 9.55 Å². The van der Waals surface area contributed by atoms with Crippen LogP contribution in [0, 0.1) is 0 Å². The molecule has 3 aromatic rings. The lowest BCUT2D eigenvalue weighted by Gasteiger charge is -2.12.